The molecule has 1 atom stereocenters. The molecule has 0 aliphatic carbocycles. The minimum absolute atomic E-state index is 0.0516. The Morgan fingerprint density at radius 1 is 1.24 bits per heavy atom. The van der Waals surface area contributed by atoms with Crippen molar-refractivity contribution in [3.63, 3.8) is 0 Å². The van der Waals surface area contributed by atoms with Crippen molar-refractivity contribution in [2.75, 3.05) is 0 Å². The van der Waals surface area contributed by atoms with Gasteiger partial charge in [0.15, 0.2) is 0 Å². The van der Waals surface area contributed by atoms with Gasteiger partial charge in [-0.2, -0.15) is 0 Å². The second-order valence-corrected chi connectivity index (χ2v) is 7.05. The van der Waals surface area contributed by atoms with Gasteiger partial charge < -0.3 is 0 Å². The molecule has 0 saturated heterocycles. The van der Waals surface area contributed by atoms with Gasteiger partial charge in [-0.25, -0.2) is 4.79 Å². The van der Waals surface area contributed by atoms with Gasteiger partial charge in [-0.15, -0.1) is 11.3 Å². The monoisotopic (exact) mass is 326 g/mol. The molecule has 0 bridgehead atoms. The summed E-state index contributed by atoms with van der Waals surface area (Å²) < 4.78 is 1.30. The molecule has 6 heteroatoms. The summed E-state index contributed by atoms with van der Waals surface area (Å²) >= 11 is 7.59. The molecular weight excluding hydrogens is 308 g/mol. The number of rotatable bonds is 4. The van der Waals surface area contributed by atoms with Gasteiger partial charge in [-0.1, -0.05) is 45.4 Å². The van der Waals surface area contributed by atoms with E-state index in [1.54, 1.807) is 11.3 Å². The predicted octanol–water partition coefficient (Wildman–Crippen LogP) is 3.62. The van der Waals surface area contributed by atoms with E-state index in [0.29, 0.717) is 5.56 Å². The van der Waals surface area contributed by atoms with Crippen LogP contribution in [-0.2, 0) is 0 Å². The van der Waals surface area contributed by atoms with Gasteiger partial charge >= 0.3 is 5.69 Å². The molecule has 2 rings (SSSR count). The van der Waals surface area contributed by atoms with Gasteiger partial charge in [0, 0.05) is 4.88 Å². The lowest BCUT2D eigenvalue weighted by molar-refractivity contribution is 0.414. The highest BCUT2D eigenvalue weighted by Gasteiger charge is 2.25. The third kappa shape index (κ3) is 2.99. The first kappa shape index (κ1) is 16.0. The SMILES string of the molecule is CC(C)c1c(Cl)[nH]c(=O)n(C(c2cccs2)C(C)C)c1=O. The number of halogens is 1. The summed E-state index contributed by atoms with van der Waals surface area (Å²) in [4.78, 5) is 28.7. The maximum atomic E-state index is 12.8. The lowest BCUT2D eigenvalue weighted by Crippen LogP contribution is -2.42. The van der Waals surface area contributed by atoms with E-state index in [4.69, 9.17) is 11.6 Å². The molecule has 0 aliphatic heterocycles. The van der Waals surface area contributed by atoms with E-state index in [1.165, 1.54) is 4.57 Å². The summed E-state index contributed by atoms with van der Waals surface area (Å²) in [5, 5.41) is 2.09. The minimum atomic E-state index is -0.457. The number of aromatic amines is 1. The number of hydrogen-bond acceptors (Lipinski definition) is 3. The van der Waals surface area contributed by atoms with E-state index < -0.39 is 5.69 Å². The molecule has 0 fully saturated rings. The molecule has 2 aromatic heterocycles. The third-order valence-corrected chi connectivity index (χ3v) is 4.68. The fourth-order valence-electron chi connectivity index (χ4n) is 2.50. The van der Waals surface area contributed by atoms with E-state index in [2.05, 4.69) is 4.98 Å². The summed E-state index contributed by atoms with van der Waals surface area (Å²) in [6, 6.07) is 3.59. The lowest BCUT2D eigenvalue weighted by atomic mass is 10.0. The van der Waals surface area contributed by atoms with Crippen LogP contribution in [0.3, 0.4) is 0 Å². The van der Waals surface area contributed by atoms with Crippen LogP contribution in [0.25, 0.3) is 0 Å². The van der Waals surface area contributed by atoms with Crippen molar-refractivity contribution < 1.29 is 0 Å². The van der Waals surface area contributed by atoms with Gasteiger partial charge in [0.05, 0.1) is 11.6 Å². The van der Waals surface area contributed by atoms with E-state index in [0.717, 1.165) is 4.88 Å². The van der Waals surface area contributed by atoms with E-state index in [1.807, 2.05) is 45.2 Å². The molecule has 2 aromatic rings. The van der Waals surface area contributed by atoms with Gasteiger partial charge in [0.25, 0.3) is 5.56 Å². The van der Waals surface area contributed by atoms with Crippen LogP contribution in [0.1, 0.15) is 50.1 Å². The Morgan fingerprint density at radius 3 is 2.38 bits per heavy atom. The highest BCUT2D eigenvalue weighted by atomic mass is 35.5. The molecule has 0 aliphatic rings. The van der Waals surface area contributed by atoms with Crippen molar-refractivity contribution in [3.05, 3.63) is 53.9 Å². The topological polar surface area (TPSA) is 54.9 Å². The molecular formula is C15H19ClN2O2S. The van der Waals surface area contributed by atoms with Crippen molar-refractivity contribution in [1.29, 1.82) is 0 Å². The summed E-state index contributed by atoms with van der Waals surface area (Å²) in [5.41, 5.74) is -0.300. The van der Waals surface area contributed by atoms with Crippen LogP contribution in [0.15, 0.2) is 27.1 Å². The van der Waals surface area contributed by atoms with Crippen LogP contribution in [0.5, 0.6) is 0 Å². The van der Waals surface area contributed by atoms with Crippen molar-refractivity contribution in [1.82, 2.24) is 9.55 Å². The average molecular weight is 327 g/mol. The zero-order valence-electron chi connectivity index (χ0n) is 12.5. The molecule has 0 saturated carbocycles. The lowest BCUT2D eigenvalue weighted by Gasteiger charge is -2.23. The van der Waals surface area contributed by atoms with Crippen molar-refractivity contribution in [3.8, 4) is 0 Å². The van der Waals surface area contributed by atoms with Crippen LogP contribution >= 0.6 is 22.9 Å². The molecule has 2 heterocycles. The van der Waals surface area contributed by atoms with Gasteiger partial charge in [-0.3, -0.25) is 14.3 Å². The molecule has 0 spiro atoms. The first-order chi connectivity index (χ1) is 9.84. The smallest absolute Gasteiger partial charge is 0.297 e. The minimum Gasteiger partial charge on any atom is -0.297 e. The molecule has 0 amide bonds. The van der Waals surface area contributed by atoms with Crippen LogP contribution in [0, 0.1) is 5.92 Å². The summed E-state index contributed by atoms with van der Waals surface area (Å²) in [6.07, 6.45) is 0. The Bertz CT molecular complexity index is 729. The number of hydrogen-bond donors (Lipinski definition) is 1. The Balaban J connectivity index is 2.76. The number of nitrogens with zero attached hydrogens (tertiary/aromatic N) is 1. The highest BCUT2D eigenvalue weighted by Crippen LogP contribution is 2.28. The molecule has 4 nitrogen and oxygen atoms in total. The first-order valence-electron chi connectivity index (χ1n) is 6.92. The second kappa shape index (κ2) is 6.20. The predicted molar refractivity (Wildman–Crippen MR) is 87.7 cm³/mol. The number of aromatic nitrogens is 2. The fourth-order valence-corrected chi connectivity index (χ4v) is 3.87. The first-order valence-corrected chi connectivity index (χ1v) is 8.18. The van der Waals surface area contributed by atoms with Crippen LogP contribution < -0.4 is 11.2 Å². The Kier molecular flexibility index (Phi) is 4.74. The zero-order chi connectivity index (χ0) is 15.7. The van der Waals surface area contributed by atoms with Gasteiger partial charge in [-0.05, 0) is 23.3 Å². The Hall–Kier alpha value is -1.33. The van der Waals surface area contributed by atoms with E-state index >= 15 is 0 Å². The van der Waals surface area contributed by atoms with Gasteiger partial charge in [0.1, 0.15) is 5.15 Å². The number of thiophene rings is 1. The number of H-pyrrole nitrogens is 1. The third-order valence-electron chi connectivity index (χ3n) is 3.44. The van der Waals surface area contributed by atoms with Crippen LogP contribution in [-0.4, -0.2) is 9.55 Å². The quantitative estimate of drug-likeness (QED) is 0.872. The molecule has 0 aromatic carbocycles. The van der Waals surface area contributed by atoms with E-state index in [9.17, 15) is 9.59 Å². The molecule has 0 radical (unpaired) electrons. The van der Waals surface area contributed by atoms with Crippen molar-refractivity contribution in [2.45, 2.75) is 39.7 Å². The summed E-state index contributed by atoms with van der Waals surface area (Å²) in [5.74, 6) is 0.0629. The largest absolute Gasteiger partial charge is 0.330 e. The van der Waals surface area contributed by atoms with Crippen molar-refractivity contribution >= 4 is 22.9 Å². The molecule has 1 unspecified atom stereocenters. The van der Waals surface area contributed by atoms with Crippen LogP contribution in [0.2, 0.25) is 5.15 Å². The zero-order valence-corrected chi connectivity index (χ0v) is 14.1. The molecule has 21 heavy (non-hydrogen) atoms. The van der Waals surface area contributed by atoms with Crippen LogP contribution in [0.4, 0.5) is 0 Å². The second-order valence-electron chi connectivity index (χ2n) is 5.69. The van der Waals surface area contributed by atoms with E-state index in [-0.39, 0.29) is 28.6 Å². The standard InChI is InChI=1S/C15H19ClN2O2S/c1-8(2)11-13(16)17-15(20)18(14(11)19)12(9(3)4)10-6-5-7-21-10/h5-9,12H,1-4H3,(H,17,20). The highest BCUT2D eigenvalue weighted by molar-refractivity contribution is 7.10. The number of nitrogens with one attached hydrogen (secondary N) is 1. The Morgan fingerprint density at radius 2 is 1.90 bits per heavy atom. The Labute approximate surface area is 132 Å². The molecule has 1 N–H and O–H groups in total. The molecule has 114 valence electrons. The summed E-state index contributed by atoms with van der Waals surface area (Å²) in [6.45, 7) is 7.78. The maximum absolute atomic E-state index is 12.8. The van der Waals surface area contributed by atoms with Gasteiger partial charge in [0.2, 0.25) is 0 Å². The average Bonchev–Trinajstić information content (AvgIpc) is 2.86. The summed E-state index contributed by atoms with van der Waals surface area (Å²) in [7, 11) is 0. The van der Waals surface area contributed by atoms with Crippen molar-refractivity contribution in [2.24, 2.45) is 5.92 Å². The fraction of sp³-hybridized carbons (Fsp3) is 0.467. The normalized spacial score (nSPS) is 13.1. The maximum Gasteiger partial charge on any atom is 0.330 e.